The number of fused-ring (bicyclic) bond motifs is 1. The lowest BCUT2D eigenvalue weighted by molar-refractivity contribution is -0.385. The Hall–Kier alpha value is -3.19. The largest absolute Gasteiger partial charge is 0.490 e. The Kier molecular flexibility index (Phi) is 4.26. The summed E-state index contributed by atoms with van der Waals surface area (Å²) in [5.41, 5.74) is 0.205. The summed E-state index contributed by atoms with van der Waals surface area (Å²) in [4.78, 5) is 21.5. The molecule has 24 heavy (non-hydrogen) atoms. The van der Waals surface area contributed by atoms with Crippen LogP contribution >= 0.6 is 0 Å². The second kappa shape index (κ2) is 6.51. The van der Waals surface area contributed by atoms with Crippen LogP contribution in [0, 0.1) is 10.1 Å². The molecule has 0 saturated carbocycles. The lowest BCUT2D eigenvalue weighted by Crippen LogP contribution is -2.10. The number of aliphatic hydroxyl groups is 1. The first-order valence-electron chi connectivity index (χ1n) is 7.12. The maximum absolute atomic E-state index is 11.2. The van der Waals surface area contributed by atoms with E-state index in [4.69, 9.17) is 9.15 Å². The molecule has 7 nitrogen and oxygen atoms in total. The standard InChI is InChI=1S/C17H13NO6/c19-15(12-2-1-3-13(8-12)18(21)22)10-23-14-6-4-11-5-7-17(20)24-16(11)9-14/h1-9,15,19H,10H2. The fourth-order valence-electron chi connectivity index (χ4n) is 2.25. The molecule has 7 heteroatoms. The first kappa shape index (κ1) is 15.7. The predicted molar refractivity (Wildman–Crippen MR) is 86.0 cm³/mol. The van der Waals surface area contributed by atoms with E-state index in [-0.39, 0.29) is 12.3 Å². The third kappa shape index (κ3) is 3.41. The van der Waals surface area contributed by atoms with Gasteiger partial charge in [0.1, 0.15) is 24.0 Å². The molecule has 1 N–H and O–H groups in total. The summed E-state index contributed by atoms with van der Waals surface area (Å²) in [6.45, 7) is -0.0935. The highest BCUT2D eigenvalue weighted by Gasteiger charge is 2.13. The molecule has 1 unspecified atom stereocenters. The van der Waals surface area contributed by atoms with Crippen molar-refractivity contribution in [2.24, 2.45) is 0 Å². The fraction of sp³-hybridized carbons (Fsp3) is 0.118. The van der Waals surface area contributed by atoms with E-state index in [1.807, 2.05) is 0 Å². The molecular weight excluding hydrogens is 314 g/mol. The van der Waals surface area contributed by atoms with Crippen LogP contribution in [0.4, 0.5) is 5.69 Å². The van der Waals surface area contributed by atoms with E-state index in [0.29, 0.717) is 16.9 Å². The molecule has 0 fully saturated rings. The molecule has 0 spiro atoms. The zero-order chi connectivity index (χ0) is 17.1. The van der Waals surface area contributed by atoms with Crippen molar-refractivity contribution in [2.75, 3.05) is 6.61 Å². The summed E-state index contributed by atoms with van der Waals surface area (Å²) < 4.78 is 10.6. The minimum atomic E-state index is -1.02. The number of hydrogen-bond donors (Lipinski definition) is 1. The molecule has 0 radical (unpaired) electrons. The monoisotopic (exact) mass is 327 g/mol. The Bertz CT molecular complexity index is 949. The number of nitro benzene ring substituents is 1. The molecule has 0 aliphatic rings. The highest BCUT2D eigenvalue weighted by molar-refractivity contribution is 5.77. The highest BCUT2D eigenvalue weighted by Crippen LogP contribution is 2.23. The quantitative estimate of drug-likeness (QED) is 0.439. The number of non-ortho nitro benzene ring substituents is 1. The van der Waals surface area contributed by atoms with Gasteiger partial charge in [-0.15, -0.1) is 0 Å². The Balaban J connectivity index is 1.74. The summed E-state index contributed by atoms with van der Waals surface area (Å²) in [5, 5.41) is 21.6. The van der Waals surface area contributed by atoms with Crippen molar-refractivity contribution in [3.05, 3.63) is 80.7 Å². The van der Waals surface area contributed by atoms with E-state index in [0.717, 1.165) is 5.39 Å². The van der Waals surface area contributed by atoms with E-state index >= 15 is 0 Å². The van der Waals surface area contributed by atoms with Gasteiger partial charge in [-0.2, -0.15) is 0 Å². The molecule has 2 aromatic carbocycles. The zero-order valence-corrected chi connectivity index (χ0v) is 12.4. The van der Waals surface area contributed by atoms with Gasteiger partial charge in [0, 0.05) is 29.7 Å². The van der Waals surface area contributed by atoms with Crippen molar-refractivity contribution in [3.63, 3.8) is 0 Å². The number of nitrogens with zero attached hydrogens (tertiary/aromatic N) is 1. The smallest absolute Gasteiger partial charge is 0.336 e. The van der Waals surface area contributed by atoms with Gasteiger partial charge in [-0.25, -0.2) is 4.79 Å². The molecule has 3 aromatic rings. The molecule has 3 rings (SSSR count). The second-order valence-electron chi connectivity index (χ2n) is 5.13. The van der Waals surface area contributed by atoms with Crippen LogP contribution in [0.15, 0.2) is 63.8 Å². The molecule has 122 valence electrons. The van der Waals surface area contributed by atoms with Crippen LogP contribution < -0.4 is 10.4 Å². The fourth-order valence-corrected chi connectivity index (χ4v) is 2.25. The summed E-state index contributed by atoms with van der Waals surface area (Å²) in [6.07, 6.45) is -1.02. The predicted octanol–water partition coefficient (Wildman–Crippen LogP) is 2.81. The van der Waals surface area contributed by atoms with E-state index in [1.165, 1.54) is 24.3 Å². The molecule has 1 atom stereocenters. The Morgan fingerprint density at radius 3 is 2.75 bits per heavy atom. The van der Waals surface area contributed by atoms with Crippen LogP contribution in [-0.4, -0.2) is 16.6 Å². The van der Waals surface area contributed by atoms with Crippen LogP contribution in [0.5, 0.6) is 5.75 Å². The third-order valence-corrected chi connectivity index (χ3v) is 3.47. The summed E-state index contributed by atoms with van der Waals surface area (Å²) in [6, 6.07) is 13.7. The maximum atomic E-state index is 11.2. The number of benzene rings is 2. The second-order valence-corrected chi connectivity index (χ2v) is 5.13. The summed E-state index contributed by atoms with van der Waals surface area (Å²) in [7, 11) is 0. The number of rotatable bonds is 5. The van der Waals surface area contributed by atoms with Crippen molar-refractivity contribution in [1.29, 1.82) is 0 Å². The van der Waals surface area contributed by atoms with Gasteiger partial charge >= 0.3 is 5.63 Å². The van der Waals surface area contributed by atoms with Crippen LogP contribution in [0.3, 0.4) is 0 Å². The van der Waals surface area contributed by atoms with E-state index < -0.39 is 16.7 Å². The first-order valence-corrected chi connectivity index (χ1v) is 7.12. The van der Waals surface area contributed by atoms with E-state index in [1.54, 1.807) is 30.3 Å². The Morgan fingerprint density at radius 2 is 1.96 bits per heavy atom. The van der Waals surface area contributed by atoms with Crippen molar-refractivity contribution in [2.45, 2.75) is 6.10 Å². The Morgan fingerprint density at radius 1 is 1.17 bits per heavy atom. The normalized spacial score (nSPS) is 12.0. The molecule has 1 heterocycles. The average Bonchev–Trinajstić information content (AvgIpc) is 2.59. The number of nitro groups is 1. The first-order chi connectivity index (χ1) is 11.5. The van der Waals surface area contributed by atoms with Gasteiger partial charge in [0.15, 0.2) is 0 Å². The molecule has 0 aliphatic heterocycles. The molecule has 0 bridgehead atoms. The molecule has 0 aliphatic carbocycles. The van der Waals surface area contributed by atoms with Crippen LogP contribution in [0.2, 0.25) is 0 Å². The van der Waals surface area contributed by atoms with Crippen molar-refractivity contribution in [1.82, 2.24) is 0 Å². The van der Waals surface area contributed by atoms with E-state index in [9.17, 15) is 20.0 Å². The van der Waals surface area contributed by atoms with Gasteiger partial charge in [0.2, 0.25) is 0 Å². The molecule has 0 amide bonds. The van der Waals surface area contributed by atoms with Crippen molar-refractivity contribution in [3.8, 4) is 5.75 Å². The molecule has 1 aromatic heterocycles. The Labute approximate surface area is 135 Å². The molecule has 0 saturated heterocycles. The number of aliphatic hydroxyl groups excluding tert-OH is 1. The van der Waals surface area contributed by atoms with E-state index in [2.05, 4.69) is 0 Å². The topological polar surface area (TPSA) is 103 Å². The average molecular weight is 327 g/mol. The highest BCUT2D eigenvalue weighted by atomic mass is 16.6. The summed E-state index contributed by atoms with van der Waals surface area (Å²) >= 11 is 0. The lowest BCUT2D eigenvalue weighted by atomic mass is 10.1. The third-order valence-electron chi connectivity index (χ3n) is 3.47. The van der Waals surface area contributed by atoms with Gasteiger partial charge in [0.25, 0.3) is 5.69 Å². The maximum Gasteiger partial charge on any atom is 0.336 e. The van der Waals surface area contributed by atoms with Gasteiger partial charge in [-0.1, -0.05) is 12.1 Å². The number of ether oxygens (including phenoxy) is 1. The van der Waals surface area contributed by atoms with Gasteiger partial charge in [-0.3, -0.25) is 10.1 Å². The number of hydrogen-bond acceptors (Lipinski definition) is 6. The van der Waals surface area contributed by atoms with Crippen molar-refractivity contribution >= 4 is 16.7 Å². The van der Waals surface area contributed by atoms with Crippen LogP contribution in [0.1, 0.15) is 11.7 Å². The minimum Gasteiger partial charge on any atom is -0.490 e. The van der Waals surface area contributed by atoms with Gasteiger partial charge in [0.05, 0.1) is 4.92 Å². The van der Waals surface area contributed by atoms with Gasteiger partial charge < -0.3 is 14.3 Å². The lowest BCUT2D eigenvalue weighted by Gasteiger charge is -2.12. The van der Waals surface area contributed by atoms with Gasteiger partial charge in [-0.05, 0) is 23.8 Å². The summed E-state index contributed by atoms with van der Waals surface area (Å²) in [5.74, 6) is 0.418. The molecular formula is C17H13NO6. The zero-order valence-electron chi connectivity index (χ0n) is 12.4. The van der Waals surface area contributed by atoms with Crippen LogP contribution in [0.25, 0.3) is 11.0 Å². The minimum absolute atomic E-state index is 0.0935. The van der Waals surface area contributed by atoms with Crippen molar-refractivity contribution < 1.29 is 19.2 Å². The van der Waals surface area contributed by atoms with Crippen LogP contribution in [-0.2, 0) is 0 Å². The SMILES string of the molecule is O=c1ccc2ccc(OCC(O)c3cccc([N+](=O)[O-])c3)cc2o1.